The molecule has 7 heteroatoms. The predicted octanol–water partition coefficient (Wildman–Crippen LogP) is 5.23. The first-order valence-corrected chi connectivity index (χ1v) is 11.1. The molecule has 0 unspecified atom stereocenters. The summed E-state index contributed by atoms with van der Waals surface area (Å²) >= 11 is 5.95. The maximum atomic E-state index is 12.8. The van der Waals surface area contributed by atoms with Crippen LogP contribution in [0.15, 0.2) is 47.5 Å². The smallest absolute Gasteiger partial charge is 0.257 e. The van der Waals surface area contributed by atoms with Gasteiger partial charge < -0.3 is 5.32 Å². The van der Waals surface area contributed by atoms with Crippen LogP contribution in [0.25, 0.3) is 0 Å². The number of aryl methyl sites for hydroxylation is 4. The summed E-state index contributed by atoms with van der Waals surface area (Å²) in [4.78, 5) is 17.5. The van der Waals surface area contributed by atoms with E-state index in [1.54, 1.807) is 24.3 Å². The second-order valence-electron chi connectivity index (χ2n) is 7.85. The zero-order valence-corrected chi connectivity index (χ0v) is 20.0. The number of halogens is 1. The standard InChI is InChI=1S/C25H30ClN5O/c1-6-31-19(5)22(18(4)30-31)13-14-27-25(28-23-12-7-16(2)15-17(23)3)29-24(32)20-8-10-21(26)11-9-20/h7-12,15H,6,13-14H2,1-5H3,(H2,27,28,29,32). The number of rotatable bonds is 6. The van der Waals surface area contributed by atoms with Crippen LogP contribution < -0.4 is 10.6 Å². The van der Waals surface area contributed by atoms with Crippen molar-refractivity contribution in [3.05, 3.63) is 81.1 Å². The van der Waals surface area contributed by atoms with Gasteiger partial charge in [0.15, 0.2) is 0 Å². The van der Waals surface area contributed by atoms with Crippen molar-refractivity contribution in [2.24, 2.45) is 4.99 Å². The molecule has 0 aliphatic heterocycles. The number of nitrogens with one attached hydrogen (secondary N) is 2. The quantitative estimate of drug-likeness (QED) is 0.398. The second kappa shape index (κ2) is 10.5. The number of carbonyl (C=O) groups is 1. The van der Waals surface area contributed by atoms with Crippen molar-refractivity contribution in [1.29, 1.82) is 0 Å². The molecule has 0 spiro atoms. The first-order valence-electron chi connectivity index (χ1n) is 10.8. The highest BCUT2D eigenvalue weighted by atomic mass is 35.5. The highest BCUT2D eigenvalue weighted by molar-refractivity contribution is 6.30. The lowest BCUT2D eigenvalue weighted by molar-refractivity contribution is 0.0977. The van der Waals surface area contributed by atoms with Gasteiger partial charge in [-0.3, -0.25) is 19.8 Å². The topological polar surface area (TPSA) is 71.3 Å². The van der Waals surface area contributed by atoms with Crippen molar-refractivity contribution < 1.29 is 4.79 Å². The van der Waals surface area contributed by atoms with Gasteiger partial charge in [0.25, 0.3) is 5.91 Å². The number of carbonyl (C=O) groups excluding carboxylic acids is 1. The number of amides is 1. The Labute approximate surface area is 194 Å². The fraction of sp³-hybridized carbons (Fsp3) is 0.320. The Morgan fingerprint density at radius 1 is 1.09 bits per heavy atom. The number of hydrogen-bond acceptors (Lipinski definition) is 3. The molecule has 0 saturated heterocycles. The van der Waals surface area contributed by atoms with Crippen LogP contribution in [0, 0.1) is 27.7 Å². The SMILES string of the molecule is CCn1nc(C)c(CCN=C(NC(=O)c2ccc(Cl)cc2)Nc2ccc(C)cc2C)c1C. The molecular formula is C25H30ClN5O. The average Bonchev–Trinajstić information content (AvgIpc) is 3.03. The summed E-state index contributed by atoms with van der Waals surface area (Å²) in [6, 6.07) is 12.9. The average molecular weight is 452 g/mol. The summed E-state index contributed by atoms with van der Waals surface area (Å²) in [5.41, 5.74) is 7.05. The van der Waals surface area contributed by atoms with E-state index in [9.17, 15) is 4.79 Å². The van der Waals surface area contributed by atoms with E-state index in [-0.39, 0.29) is 5.91 Å². The lowest BCUT2D eigenvalue weighted by Crippen LogP contribution is -2.36. The summed E-state index contributed by atoms with van der Waals surface area (Å²) in [5, 5.41) is 11.4. The Bertz CT molecular complexity index is 1130. The molecule has 168 valence electrons. The third kappa shape index (κ3) is 5.77. The van der Waals surface area contributed by atoms with Crippen LogP contribution in [0.5, 0.6) is 0 Å². The highest BCUT2D eigenvalue weighted by Crippen LogP contribution is 2.17. The van der Waals surface area contributed by atoms with Gasteiger partial charge in [0, 0.05) is 35.1 Å². The molecular weight excluding hydrogens is 422 g/mol. The van der Waals surface area contributed by atoms with Crippen molar-refractivity contribution in [3.63, 3.8) is 0 Å². The zero-order valence-electron chi connectivity index (χ0n) is 19.3. The van der Waals surface area contributed by atoms with Crippen LogP contribution in [-0.4, -0.2) is 28.2 Å². The van der Waals surface area contributed by atoms with Gasteiger partial charge in [-0.1, -0.05) is 29.3 Å². The molecule has 0 aliphatic carbocycles. The van der Waals surface area contributed by atoms with Crippen LogP contribution in [0.1, 0.15) is 45.4 Å². The first-order chi connectivity index (χ1) is 15.3. The Kier molecular flexibility index (Phi) is 7.70. The van der Waals surface area contributed by atoms with Crippen molar-refractivity contribution in [2.75, 3.05) is 11.9 Å². The Balaban J connectivity index is 1.81. The molecule has 1 amide bonds. The second-order valence-corrected chi connectivity index (χ2v) is 8.29. The molecule has 32 heavy (non-hydrogen) atoms. The molecule has 0 radical (unpaired) electrons. The molecule has 0 atom stereocenters. The third-order valence-corrected chi connectivity index (χ3v) is 5.69. The highest BCUT2D eigenvalue weighted by Gasteiger charge is 2.13. The summed E-state index contributed by atoms with van der Waals surface area (Å²) in [6.07, 6.45) is 0.743. The van der Waals surface area contributed by atoms with Gasteiger partial charge in [-0.2, -0.15) is 5.10 Å². The molecule has 3 aromatic rings. The minimum Gasteiger partial charge on any atom is -0.326 e. The van der Waals surface area contributed by atoms with Gasteiger partial charge in [0.05, 0.1) is 5.69 Å². The summed E-state index contributed by atoms with van der Waals surface area (Å²) in [6.45, 7) is 11.6. The Morgan fingerprint density at radius 3 is 2.44 bits per heavy atom. The van der Waals surface area contributed by atoms with E-state index in [4.69, 9.17) is 11.6 Å². The van der Waals surface area contributed by atoms with E-state index >= 15 is 0 Å². The molecule has 1 heterocycles. The molecule has 1 aromatic heterocycles. The fourth-order valence-electron chi connectivity index (χ4n) is 3.66. The van der Waals surface area contributed by atoms with E-state index in [0.29, 0.717) is 23.1 Å². The fourth-order valence-corrected chi connectivity index (χ4v) is 3.78. The molecule has 2 N–H and O–H groups in total. The van der Waals surface area contributed by atoms with Crippen molar-refractivity contribution in [2.45, 2.75) is 47.6 Å². The van der Waals surface area contributed by atoms with Gasteiger partial charge in [0.1, 0.15) is 0 Å². The summed E-state index contributed by atoms with van der Waals surface area (Å²) in [5.74, 6) is 0.166. The summed E-state index contributed by atoms with van der Waals surface area (Å²) in [7, 11) is 0. The Morgan fingerprint density at radius 2 is 1.81 bits per heavy atom. The molecule has 2 aromatic carbocycles. The largest absolute Gasteiger partial charge is 0.326 e. The van der Waals surface area contributed by atoms with Crippen LogP contribution >= 0.6 is 11.6 Å². The maximum absolute atomic E-state index is 12.8. The van der Waals surface area contributed by atoms with E-state index < -0.39 is 0 Å². The minimum atomic E-state index is -0.246. The number of benzene rings is 2. The lowest BCUT2D eigenvalue weighted by atomic mass is 10.1. The molecule has 0 bridgehead atoms. The van der Waals surface area contributed by atoms with E-state index in [1.807, 2.05) is 30.7 Å². The van der Waals surface area contributed by atoms with Gasteiger partial charge in [-0.15, -0.1) is 0 Å². The van der Waals surface area contributed by atoms with Crippen molar-refractivity contribution >= 4 is 29.2 Å². The normalized spacial score (nSPS) is 11.5. The van der Waals surface area contributed by atoms with E-state index in [2.05, 4.69) is 47.6 Å². The van der Waals surface area contributed by atoms with E-state index in [1.165, 1.54) is 11.1 Å². The van der Waals surface area contributed by atoms with Crippen molar-refractivity contribution in [3.8, 4) is 0 Å². The van der Waals surface area contributed by atoms with Gasteiger partial charge >= 0.3 is 0 Å². The van der Waals surface area contributed by atoms with Crippen LogP contribution in [-0.2, 0) is 13.0 Å². The van der Waals surface area contributed by atoms with Crippen molar-refractivity contribution in [1.82, 2.24) is 15.1 Å². The van der Waals surface area contributed by atoms with Crippen LogP contribution in [0.4, 0.5) is 5.69 Å². The molecule has 0 aliphatic rings. The molecule has 0 fully saturated rings. The number of hydrogen-bond donors (Lipinski definition) is 2. The number of aliphatic imine (C=N–C) groups is 1. The number of guanidine groups is 1. The molecule has 0 saturated carbocycles. The predicted molar refractivity (Wildman–Crippen MR) is 132 cm³/mol. The monoisotopic (exact) mass is 451 g/mol. The number of anilines is 1. The van der Waals surface area contributed by atoms with Gasteiger partial charge in [-0.25, -0.2) is 0 Å². The van der Waals surface area contributed by atoms with Crippen LogP contribution in [0.2, 0.25) is 5.02 Å². The van der Waals surface area contributed by atoms with Gasteiger partial charge in [0.2, 0.25) is 5.96 Å². The zero-order chi connectivity index (χ0) is 23.3. The number of aromatic nitrogens is 2. The molecule has 3 rings (SSSR count). The summed E-state index contributed by atoms with van der Waals surface area (Å²) < 4.78 is 2.01. The lowest BCUT2D eigenvalue weighted by Gasteiger charge is -2.14. The third-order valence-electron chi connectivity index (χ3n) is 5.44. The number of nitrogens with zero attached hydrogens (tertiary/aromatic N) is 3. The minimum absolute atomic E-state index is 0.246. The van der Waals surface area contributed by atoms with Crippen LogP contribution in [0.3, 0.4) is 0 Å². The van der Waals surface area contributed by atoms with Gasteiger partial charge in [-0.05, 0) is 82.5 Å². The van der Waals surface area contributed by atoms with E-state index in [0.717, 1.165) is 35.6 Å². The molecule has 6 nitrogen and oxygen atoms in total. The first kappa shape index (κ1) is 23.5. The Hall–Kier alpha value is -3.12. The maximum Gasteiger partial charge on any atom is 0.257 e.